The van der Waals surface area contributed by atoms with E-state index in [0.29, 0.717) is 29.1 Å². The van der Waals surface area contributed by atoms with Crippen LogP contribution in [0.25, 0.3) is 0 Å². The summed E-state index contributed by atoms with van der Waals surface area (Å²) in [6.45, 7) is 2.19. The van der Waals surface area contributed by atoms with E-state index in [1.165, 1.54) is 12.0 Å². The number of amides is 4. The van der Waals surface area contributed by atoms with Crippen LogP contribution in [0.4, 0.5) is 4.79 Å². The molecule has 2 aromatic rings. The average Bonchev–Trinajstić information content (AvgIpc) is 3.36. The average molecular weight is 500 g/mol. The first-order valence-corrected chi connectivity index (χ1v) is 12.3. The van der Waals surface area contributed by atoms with Crippen LogP contribution in [-0.4, -0.2) is 72.7 Å². The minimum atomic E-state index is -1.57. The second kappa shape index (κ2) is 9.71. The van der Waals surface area contributed by atoms with Crippen LogP contribution in [0.2, 0.25) is 0 Å². The zero-order valence-corrected chi connectivity index (χ0v) is 20.9. The summed E-state index contributed by atoms with van der Waals surface area (Å²) >= 11 is 0. The number of fused-ring (bicyclic) bond motifs is 1. The van der Waals surface area contributed by atoms with E-state index < -0.39 is 17.5 Å². The van der Waals surface area contributed by atoms with Crippen molar-refractivity contribution in [3.63, 3.8) is 0 Å². The van der Waals surface area contributed by atoms with Crippen LogP contribution in [0.5, 0.6) is 5.75 Å². The van der Waals surface area contributed by atoms with Crippen molar-refractivity contribution in [2.75, 3.05) is 33.8 Å². The third-order valence-corrected chi connectivity index (χ3v) is 7.31. The fraction of sp³-hybridized carbons (Fsp3) is 0.357. The van der Waals surface area contributed by atoms with Crippen molar-refractivity contribution in [1.29, 1.82) is 5.41 Å². The van der Waals surface area contributed by atoms with Gasteiger partial charge in [0.1, 0.15) is 5.75 Å². The molecule has 0 aromatic heterocycles. The minimum absolute atomic E-state index is 0.0910. The van der Waals surface area contributed by atoms with Crippen molar-refractivity contribution in [2.45, 2.75) is 24.9 Å². The summed E-state index contributed by atoms with van der Waals surface area (Å²) in [7, 11) is 3.63. The fourth-order valence-electron chi connectivity index (χ4n) is 5.06. The van der Waals surface area contributed by atoms with Gasteiger partial charge in [-0.3, -0.25) is 14.9 Å². The van der Waals surface area contributed by atoms with Gasteiger partial charge in [0.25, 0.3) is 11.8 Å². The number of carbonyl (C=O) groups excluding carboxylic acids is 3. The molecule has 1 atom stereocenters. The molecular weight excluding hydrogens is 470 g/mol. The molecule has 0 spiro atoms. The van der Waals surface area contributed by atoms with E-state index in [2.05, 4.69) is 34.4 Å². The van der Waals surface area contributed by atoms with E-state index in [0.717, 1.165) is 37.1 Å². The lowest BCUT2D eigenvalue weighted by Gasteiger charge is -2.29. The topological polar surface area (TPSA) is 115 Å². The Bertz CT molecular complexity index is 1330. The molecule has 0 saturated carbocycles. The van der Waals surface area contributed by atoms with Crippen molar-refractivity contribution in [1.82, 2.24) is 20.4 Å². The molecule has 3 N–H and O–H groups in total. The molecule has 37 heavy (non-hydrogen) atoms. The maximum Gasteiger partial charge on any atom is 0.323 e. The second-order valence-electron chi connectivity index (χ2n) is 9.82. The molecule has 2 saturated heterocycles. The predicted octanol–water partition coefficient (Wildman–Crippen LogP) is 1.99. The molecule has 2 fully saturated rings. The number of benzene rings is 2. The highest BCUT2D eigenvalue weighted by Crippen LogP contribution is 2.28. The zero-order chi connectivity index (χ0) is 26.2. The van der Waals surface area contributed by atoms with Gasteiger partial charge >= 0.3 is 6.03 Å². The first-order valence-electron chi connectivity index (χ1n) is 12.3. The summed E-state index contributed by atoms with van der Waals surface area (Å²) in [5.74, 6) is 5.91. The molecule has 3 aliphatic rings. The molecule has 0 radical (unpaired) electrons. The van der Waals surface area contributed by atoms with Crippen LogP contribution >= 0.6 is 0 Å². The molecule has 0 unspecified atom stereocenters. The van der Waals surface area contributed by atoms with Gasteiger partial charge in [-0.25, -0.2) is 4.79 Å². The van der Waals surface area contributed by atoms with Crippen LogP contribution in [0.1, 0.15) is 39.9 Å². The number of nitrogens with one attached hydrogen (secondary N) is 3. The number of methoxy groups -OCH3 is 1. The minimum Gasteiger partial charge on any atom is -0.497 e. The summed E-state index contributed by atoms with van der Waals surface area (Å²) in [5, 5.41) is 13.5. The number of piperidine rings is 1. The van der Waals surface area contributed by atoms with Crippen LogP contribution < -0.4 is 15.4 Å². The van der Waals surface area contributed by atoms with E-state index in [1.54, 1.807) is 12.1 Å². The van der Waals surface area contributed by atoms with Crippen LogP contribution in [-0.2, 0) is 11.3 Å². The monoisotopic (exact) mass is 499 g/mol. The third kappa shape index (κ3) is 4.80. The van der Waals surface area contributed by atoms with Gasteiger partial charge in [0, 0.05) is 29.3 Å². The molecule has 2 aromatic carbocycles. The highest BCUT2D eigenvalue weighted by Gasteiger charge is 2.48. The lowest BCUT2D eigenvalue weighted by molar-refractivity contribution is -0.122. The SMILES string of the molecule is COc1ccc2c(c1)C(=O)N(C[C@@]1(C#Cc3ccc(C(=N)C4CCN(C)CC4)cc3)NC(=O)NC1=O)C2. The fourth-order valence-corrected chi connectivity index (χ4v) is 5.06. The Morgan fingerprint density at radius 1 is 1.14 bits per heavy atom. The molecule has 0 bridgehead atoms. The Morgan fingerprint density at radius 3 is 2.51 bits per heavy atom. The van der Waals surface area contributed by atoms with Crippen LogP contribution in [0.3, 0.4) is 0 Å². The van der Waals surface area contributed by atoms with E-state index in [-0.39, 0.29) is 18.4 Å². The maximum absolute atomic E-state index is 13.1. The lowest BCUT2D eigenvalue weighted by Crippen LogP contribution is -2.54. The summed E-state index contributed by atoms with van der Waals surface area (Å²) < 4.78 is 5.23. The lowest BCUT2D eigenvalue weighted by atomic mass is 9.88. The van der Waals surface area contributed by atoms with Gasteiger partial charge in [-0.1, -0.05) is 30.0 Å². The van der Waals surface area contributed by atoms with Gasteiger partial charge in [-0.05, 0) is 68.4 Å². The summed E-state index contributed by atoms with van der Waals surface area (Å²) in [5.41, 5.74) is 1.90. The van der Waals surface area contributed by atoms with E-state index in [9.17, 15) is 14.4 Å². The van der Waals surface area contributed by atoms with Gasteiger partial charge in [0.05, 0.1) is 13.7 Å². The highest BCUT2D eigenvalue weighted by atomic mass is 16.5. The number of likely N-dealkylation sites (tertiary alicyclic amines) is 1. The van der Waals surface area contributed by atoms with E-state index >= 15 is 0 Å². The first-order chi connectivity index (χ1) is 17.8. The molecule has 4 amide bonds. The highest BCUT2D eigenvalue weighted by molar-refractivity contribution is 6.10. The molecule has 190 valence electrons. The quantitative estimate of drug-likeness (QED) is 0.331. The number of imide groups is 1. The van der Waals surface area contributed by atoms with Gasteiger partial charge in [-0.15, -0.1) is 0 Å². The van der Waals surface area contributed by atoms with E-state index in [4.69, 9.17) is 10.1 Å². The number of carbonyl (C=O) groups is 3. The van der Waals surface area contributed by atoms with E-state index in [1.807, 2.05) is 30.3 Å². The molecule has 5 rings (SSSR count). The maximum atomic E-state index is 13.1. The molecule has 0 aliphatic carbocycles. The molecule has 9 nitrogen and oxygen atoms in total. The molecule has 9 heteroatoms. The molecular formula is C28H29N5O4. The largest absolute Gasteiger partial charge is 0.497 e. The molecule has 3 aliphatic heterocycles. The Balaban J connectivity index is 1.34. The van der Waals surface area contributed by atoms with Crippen molar-refractivity contribution in [2.24, 2.45) is 5.92 Å². The van der Waals surface area contributed by atoms with Crippen molar-refractivity contribution >= 4 is 23.6 Å². The van der Waals surface area contributed by atoms with Crippen molar-refractivity contribution in [3.8, 4) is 17.6 Å². The van der Waals surface area contributed by atoms with Crippen LogP contribution in [0, 0.1) is 23.2 Å². The standard InChI is InChI=1S/C28H29N5O4/c1-32-13-10-20(11-14-32)24(29)19-5-3-18(4-6-19)9-12-28(26(35)30-27(36)31-28)17-33-16-21-7-8-22(37-2)15-23(21)25(33)34/h3-8,15,20,29H,10-11,13-14,16-17H2,1-2H3,(H2,30,31,35,36)/t28-/m1/s1. The number of ether oxygens (including phenoxy) is 1. The summed E-state index contributed by atoms with van der Waals surface area (Å²) in [6.07, 6.45) is 1.94. The summed E-state index contributed by atoms with van der Waals surface area (Å²) in [6, 6.07) is 12.0. The third-order valence-electron chi connectivity index (χ3n) is 7.31. The van der Waals surface area contributed by atoms with Gasteiger partial charge in [0.15, 0.2) is 0 Å². The molecule has 3 heterocycles. The van der Waals surface area contributed by atoms with Gasteiger partial charge in [0.2, 0.25) is 5.54 Å². The van der Waals surface area contributed by atoms with Crippen LogP contribution in [0.15, 0.2) is 42.5 Å². The smallest absolute Gasteiger partial charge is 0.323 e. The number of hydrogen-bond acceptors (Lipinski definition) is 6. The number of hydrogen-bond donors (Lipinski definition) is 3. The van der Waals surface area contributed by atoms with Crippen molar-refractivity contribution < 1.29 is 19.1 Å². The number of urea groups is 1. The Labute approximate surface area is 215 Å². The Hall–Kier alpha value is -4.16. The number of rotatable bonds is 5. The zero-order valence-electron chi connectivity index (χ0n) is 20.9. The summed E-state index contributed by atoms with van der Waals surface area (Å²) in [4.78, 5) is 41.8. The normalized spacial score (nSPS) is 21.7. The van der Waals surface area contributed by atoms with Gasteiger partial charge < -0.3 is 25.3 Å². The second-order valence-corrected chi connectivity index (χ2v) is 9.82. The van der Waals surface area contributed by atoms with Crippen molar-refractivity contribution in [3.05, 3.63) is 64.7 Å². The Kier molecular flexibility index (Phi) is 6.44. The van der Waals surface area contributed by atoms with Gasteiger partial charge in [-0.2, -0.15) is 0 Å². The number of nitrogens with zero attached hydrogens (tertiary/aromatic N) is 2. The Morgan fingerprint density at radius 2 is 1.86 bits per heavy atom. The predicted molar refractivity (Wildman–Crippen MR) is 138 cm³/mol. The first kappa shape index (κ1) is 24.5.